The highest BCUT2D eigenvalue weighted by Gasteiger charge is 2.21. The van der Waals surface area contributed by atoms with Gasteiger partial charge in [-0.1, -0.05) is 0 Å². The van der Waals surface area contributed by atoms with Crippen LogP contribution in [0.2, 0.25) is 0 Å². The first-order chi connectivity index (χ1) is 7.42. The Balaban J connectivity index is 2.30. The molecule has 0 spiro atoms. The van der Waals surface area contributed by atoms with Crippen LogP contribution in [0.1, 0.15) is 12.8 Å². The quantitative estimate of drug-likeness (QED) is 0.727. The molecule has 0 aliphatic carbocycles. The highest BCUT2D eigenvalue weighted by atomic mass is 32.2. The SMILES string of the molecule is CN(CCS(C)(=O)=O)C1CCN(CS)CC1. The number of hydrogen-bond donors (Lipinski definition) is 1. The summed E-state index contributed by atoms with van der Waals surface area (Å²) < 4.78 is 22.1. The van der Waals surface area contributed by atoms with E-state index in [4.69, 9.17) is 0 Å². The van der Waals surface area contributed by atoms with Crippen molar-refractivity contribution in [1.29, 1.82) is 0 Å². The molecule has 1 aliphatic rings. The van der Waals surface area contributed by atoms with Gasteiger partial charge in [0.1, 0.15) is 9.84 Å². The molecule has 0 amide bonds. The summed E-state index contributed by atoms with van der Waals surface area (Å²) >= 11 is 4.26. The van der Waals surface area contributed by atoms with Crippen molar-refractivity contribution in [3.63, 3.8) is 0 Å². The lowest BCUT2D eigenvalue weighted by Gasteiger charge is -2.35. The van der Waals surface area contributed by atoms with Crippen LogP contribution < -0.4 is 0 Å². The maximum absolute atomic E-state index is 11.1. The number of nitrogens with zero attached hydrogens (tertiary/aromatic N) is 2. The smallest absolute Gasteiger partial charge is 0.148 e. The highest BCUT2D eigenvalue weighted by molar-refractivity contribution is 7.90. The molecule has 16 heavy (non-hydrogen) atoms. The van der Waals surface area contributed by atoms with Gasteiger partial charge in [-0.2, -0.15) is 12.6 Å². The van der Waals surface area contributed by atoms with Gasteiger partial charge in [0.05, 0.1) is 5.75 Å². The Bertz CT molecular complexity index is 298. The number of hydrogen-bond acceptors (Lipinski definition) is 5. The molecule has 1 heterocycles. The molecule has 0 unspecified atom stereocenters. The van der Waals surface area contributed by atoms with Gasteiger partial charge in [0, 0.05) is 37.8 Å². The van der Waals surface area contributed by atoms with Crippen LogP contribution in [0.5, 0.6) is 0 Å². The van der Waals surface area contributed by atoms with Gasteiger partial charge in [-0.15, -0.1) is 0 Å². The van der Waals surface area contributed by atoms with Crippen LogP contribution in [0.3, 0.4) is 0 Å². The molecule has 6 heteroatoms. The number of rotatable bonds is 5. The standard InChI is InChI=1S/C10H22N2O2S2/c1-11(7-8-16(2,13)14)10-3-5-12(9-15)6-4-10/h10,15H,3-9H2,1-2H3. The predicted molar refractivity (Wildman–Crippen MR) is 70.8 cm³/mol. The van der Waals surface area contributed by atoms with Crippen LogP contribution in [0, 0.1) is 0 Å². The van der Waals surface area contributed by atoms with Crippen LogP contribution in [0.25, 0.3) is 0 Å². The third kappa shape index (κ3) is 5.03. The number of piperidine rings is 1. The topological polar surface area (TPSA) is 40.6 Å². The summed E-state index contributed by atoms with van der Waals surface area (Å²) in [6.45, 7) is 2.78. The van der Waals surface area contributed by atoms with Gasteiger partial charge < -0.3 is 4.90 Å². The Morgan fingerprint density at radius 2 is 1.94 bits per heavy atom. The summed E-state index contributed by atoms with van der Waals surface area (Å²) in [5, 5.41) is 0. The van der Waals surface area contributed by atoms with Crippen LogP contribution in [0.4, 0.5) is 0 Å². The maximum atomic E-state index is 11.1. The lowest BCUT2D eigenvalue weighted by molar-refractivity contribution is 0.146. The summed E-state index contributed by atoms with van der Waals surface area (Å²) in [4.78, 5) is 4.49. The molecular formula is C10H22N2O2S2. The van der Waals surface area contributed by atoms with Gasteiger partial charge in [-0.05, 0) is 19.9 Å². The van der Waals surface area contributed by atoms with Crippen molar-refractivity contribution < 1.29 is 8.42 Å². The molecule has 4 nitrogen and oxygen atoms in total. The summed E-state index contributed by atoms with van der Waals surface area (Å²) in [5.74, 6) is 1.08. The molecular weight excluding hydrogens is 244 g/mol. The molecule has 0 radical (unpaired) electrons. The molecule has 0 atom stereocenters. The Labute approximate surface area is 104 Å². The lowest BCUT2D eigenvalue weighted by atomic mass is 10.0. The van der Waals surface area contributed by atoms with Crippen molar-refractivity contribution in [2.75, 3.05) is 44.6 Å². The van der Waals surface area contributed by atoms with Crippen molar-refractivity contribution in [3.8, 4) is 0 Å². The Morgan fingerprint density at radius 1 is 1.38 bits per heavy atom. The number of sulfone groups is 1. The maximum Gasteiger partial charge on any atom is 0.148 e. The van der Waals surface area contributed by atoms with Gasteiger partial charge in [0.15, 0.2) is 0 Å². The summed E-state index contributed by atoms with van der Waals surface area (Å²) in [6.07, 6.45) is 3.52. The van der Waals surface area contributed by atoms with E-state index in [1.807, 2.05) is 7.05 Å². The van der Waals surface area contributed by atoms with E-state index in [-0.39, 0.29) is 5.75 Å². The molecule has 96 valence electrons. The minimum Gasteiger partial charge on any atom is -0.302 e. The molecule has 0 aromatic heterocycles. The van der Waals surface area contributed by atoms with Gasteiger partial charge >= 0.3 is 0 Å². The zero-order chi connectivity index (χ0) is 12.2. The second-order valence-electron chi connectivity index (χ2n) is 4.60. The zero-order valence-corrected chi connectivity index (χ0v) is 11.8. The van der Waals surface area contributed by atoms with E-state index in [1.54, 1.807) is 0 Å². The van der Waals surface area contributed by atoms with Crippen molar-refractivity contribution in [2.24, 2.45) is 0 Å². The molecule has 0 N–H and O–H groups in total. The van der Waals surface area contributed by atoms with Crippen LogP contribution in [0.15, 0.2) is 0 Å². The third-order valence-electron chi connectivity index (χ3n) is 3.20. The number of likely N-dealkylation sites (tertiary alicyclic amines) is 1. The van der Waals surface area contributed by atoms with E-state index in [9.17, 15) is 8.42 Å². The first kappa shape index (κ1) is 14.3. The number of thiol groups is 1. The molecule has 1 fully saturated rings. The summed E-state index contributed by atoms with van der Waals surface area (Å²) in [5.41, 5.74) is 0. The predicted octanol–water partition coefficient (Wildman–Crippen LogP) is 0.315. The van der Waals surface area contributed by atoms with Crippen LogP contribution in [-0.4, -0.2) is 68.8 Å². The van der Waals surface area contributed by atoms with Gasteiger partial charge in [0.25, 0.3) is 0 Å². The second-order valence-corrected chi connectivity index (χ2v) is 7.14. The van der Waals surface area contributed by atoms with Gasteiger partial charge in [-0.25, -0.2) is 8.42 Å². The van der Waals surface area contributed by atoms with Crippen LogP contribution in [-0.2, 0) is 9.84 Å². The fourth-order valence-electron chi connectivity index (χ4n) is 1.99. The fraction of sp³-hybridized carbons (Fsp3) is 1.00. The van der Waals surface area contributed by atoms with Crippen molar-refractivity contribution in [2.45, 2.75) is 18.9 Å². The van der Waals surface area contributed by atoms with E-state index in [0.717, 1.165) is 31.8 Å². The average Bonchev–Trinajstić information content (AvgIpc) is 2.25. The van der Waals surface area contributed by atoms with E-state index < -0.39 is 9.84 Å². The largest absolute Gasteiger partial charge is 0.302 e. The Hall–Kier alpha value is 0.220. The monoisotopic (exact) mass is 266 g/mol. The van der Waals surface area contributed by atoms with Crippen molar-refractivity contribution in [1.82, 2.24) is 9.80 Å². The molecule has 1 aliphatic heterocycles. The van der Waals surface area contributed by atoms with Crippen molar-refractivity contribution in [3.05, 3.63) is 0 Å². The van der Waals surface area contributed by atoms with E-state index >= 15 is 0 Å². The zero-order valence-electron chi connectivity index (χ0n) is 10.1. The first-order valence-electron chi connectivity index (χ1n) is 5.63. The molecule has 0 bridgehead atoms. The van der Waals surface area contributed by atoms with E-state index in [2.05, 4.69) is 22.4 Å². The average molecular weight is 266 g/mol. The van der Waals surface area contributed by atoms with Gasteiger partial charge in [0.2, 0.25) is 0 Å². The molecule has 0 aromatic carbocycles. The Morgan fingerprint density at radius 3 is 2.38 bits per heavy atom. The molecule has 0 aromatic rings. The molecule has 1 saturated heterocycles. The molecule has 1 rings (SSSR count). The minimum absolute atomic E-state index is 0.260. The Kier molecular flexibility index (Phi) is 5.56. The van der Waals surface area contributed by atoms with Crippen LogP contribution >= 0.6 is 12.6 Å². The van der Waals surface area contributed by atoms with E-state index in [1.165, 1.54) is 6.26 Å². The van der Waals surface area contributed by atoms with E-state index in [0.29, 0.717) is 12.6 Å². The molecule has 0 saturated carbocycles. The van der Waals surface area contributed by atoms with Crippen molar-refractivity contribution >= 4 is 22.5 Å². The lowest BCUT2D eigenvalue weighted by Crippen LogP contribution is -2.44. The summed E-state index contributed by atoms with van der Waals surface area (Å²) in [6, 6.07) is 0.526. The first-order valence-corrected chi connectivity index (χ1v) is 8.33. The minimum atomic E-state index is -2.84. The summed E-state index contributed by atoms with van der Waals surface area (Å²) in [7, 11) is -0.818. The third-order valence-corrected chi connectivity index (χ3v) is 4.52. The highest BCUT2D eigenvalue weighted by Crippen LogP contribution is 2.15. The van der Waals surface area contributed by atoms with Gasteiger partial charge in [-0.3, -0.25) is 4.90 Å². The normalized spacial score (nSPS) is 20.5. The second kappa shape index (κ2) is 6.23. The fourth-order valence-corrected chi connectivity index (χ4v) is 2.90.